The number of amides is 1. The first-order valence-electron chi connectivity index (χ1n) is 7.59. The summed E-state index contributed by atoms with van der Waals surface area (Å²) in [6, 6.07) is 4.22. The highest BCUT2D eigenvalue weighted by Crippen LogP contribution is 2.29. The van der Waals surface area contributed by atoms with E-state index in [1.165, 1.54) is 23.5 Å². The molecule has 8 heteroatoms. The molecule has 1 heterocycles. The Kier molecular flexibility index (Phi) is 5.61. The highest BCUT2D eigenvalue weighted by Gasteiger charge is 2.30. The number of ether oxygens (including phenoxy) is 1. The third-order valence-corrected chi connectivity index (χ3v) is 5.76. The van der Waals surface area contributed by atoms with Crippen molar-refractivity contribution in [3.05, 3.63) is 23.8 Å². The van der Waals surface area contributed by atoms with Gasteiger partial charge in [0.15, 0.2) is 0 Å². The van der Waals surface area contributed by atoms with Crippen LogP contribution in [0.2, 0.25) is 0 Å². The average Bonchev–Trinajstić information content (AvgIpc) is 3.09. The number of rotatable bonds is 6. The van der Waals surface area contributed by atoms with Gasteiger partial charge >= 0.3 is 0 Å². The maximum atomic E-state index is 12.8. The van der Waals surface area contributed by atoms with Crippen LogP contribution in [0.1, 0.15) is 30.1 Å². The maximum absolute atomic E-state index is 12.8. The van der Waals surface area contributed by atoms with Crippen molar-refractivity contribution >= 4 is 15.9 Å². The summed E-state index contributed by atoms with van der Waals surface area (Å²) < 4.78 is 32.1. The Labute approximate surface area is 136 Å². The zero-order chi connectivity index (χ0) is 17.0. The van der Waals surface area contributed by atoms with E-state index in [4.69, 9.17) is 10.5 Å². The van der Waals surface area contributed by atoms with Gasteiger partial charge in [-0.25, -0.2) is 8.42 Å². The molecule has 0 aliphatic carbocycles. The number of nitrogens with zero attached hydrogens (tertiary/aromatic N) is 1. The van der Waals surface area contributed by atoms with Crippen LogP contribution >= 0.6 is 0 Å². The molecule has 1 aromatic carbocycles. The van der Waals surface area contributed by atoms with E-state index in [9.17, 15) is 13.2 Å². The van der Waals surface area contributed by atoms with Crippen molar-refractivity contribution in [3.63, 3.8) is 0 Å². The number of sulfonamides is 1. The topological polar surface area (TPSA) is 102 Å². The van der Waals surface area contributed by atoms with Gasteiger partial charge < -0.3 is 15.8 Å². The van der Waals surface area contributed by atoms with Crippen molar-refractivity contribution in [1.29, 1.82) is 0 Å². The number of hydrogen-bond acceptors (Lipinski definition) is 5. The fourth-order valence-electron chi connectivity index (χ4n) is 2.45. The summed E-state index contributed by atoms with van der Waals surface area (Å²) in [7, 11) is -2.26. The fraction of sp³-hybridized carbons (Fsp3) is 0.533. The van der Waals surface area contributed by atoms with Crippen LogP contribution in [-0.2, 0) is 10.0 Å². The molecule has 1 fully saturated rings. The lowest BCUT2D eigenvalue weighted by molar-refractivity contribution is 0.0941. The predicted octanol–water partition coefficient (Wildman–Crippen LogP) is 0.557. The summed E-state index contributed by atoms with van der Waals surface area (Å²) in [5.74, 6) is -0.121. The zero-order valence-electron chi connectivity index (χ0n) is 13.4. The van der Waals surface area contributed by atoms with E-state index in [1.807, 2.05) is 0 Å². The Morgan fingerprint density at radius 1 is 1.39 bits per heavy atom. The van der Waals surface area contributed by atoms with Crippen LogP contribution in [0.15, 0.2) is 23.1 Å². The van der Waals surface area contributed by atoms with Gasteiger partial charge in [-0.05, 0) is 38.0 Å². The molecule has 0 spiro atoms. The lowest BCUT2D eigenvalue weighted by atomic mass is 10.2. The SMILES string of the molecule is COc1ccc(C(=O)N[C@@H](C)CN)cc1S(=O)(=O)N1CCCC1. The first-order chi connectivity index (χ1) is 10.9. The Balaban J connectivity index is 2.38. The molecule has 0 unspecified atom stereocenters. The molecule has 7 nitrogen and oxygen atoms in total. The summed E-state index contributed by atoms with van der Waals surface area (Å²) in [5, 5.41) is 2.72. The Bertz CT molecular complexity index is 669. The largest absolute Gasteiger partial charge is 0.495 e. The number of carbonyl (C=O) groups excluding carboxylic acids is 1. The van der Waals surface area contributed by atoms with Gasteiger partial charge in [0.1, 0.15) is 10.6 Å². The number of benzene rings is 1. The fourth-order valence-corrected chi connectivity index (χ4v) is 4.15. The number of nitrogens with one attached hydrogen (secondary N) is 1. The average molecular weight is 341 g/mol. The van der Waals surface area contributed by atoms with E-state index in [-0.39, 0.29) is 28.2 Å². The first-order valence-corrected chi connectivity index (χ1v) is 9.03. The van der Waals surface area contributed by atoms with Gasteiger partial charge in [0.25, 0.3) is 5.91 Å². The molecule has 1 aliphatic rings. The minimum atomic E-state index is -3.67. The van der Waals surface area contributed by atoms with E-state index in [2.05, 4.69) is 5.32 Å². The normalized spacial score (nSPS) is 17.0. The molecular formula is C15H23N3O4S. The molecule has 1 saturated heterocycles. The first kappa shape index (κ1) is 17.7. The number of nitrogens with two attached hydrogens (primary N) is 1. The Morgan fingerprint density at radius 3 is 2.61 bits per heavy atom. The quantitative estimate of drug-likeness (QED) is 0.787. The van der Waals surface area contributed by atoms with Gasteiger partial charge in [-0.15, -0.1) is 0 Å². The second-order valence-electron chi connectivity index (χ2n) is 5.59. The lowest BCUT2D eigenvalue weighted by Gasteiger charge is -2.18. The predicted molar refractivity (Wildman–Crippen MR) is 87.0 cm³/mol. The third kappa shape index (κ3) is 3.82. The van der Waals surface area contributed by atoms with Gasteiger partial charge in [0, 0.05) is 31.2 Å². The van der Waals surface area contributed by atoms with E-state index < -0.39 is 10.0 Å². The van der Waals surface area contributed by atoms with Crippen LogP contribution in [-0.4, -0.2) is 51.4 Å². The minimum Gasteiger partial charge on any atom is -0.495 e. The molecule has 2 rings (SSSR count). The number of methoxy groups -OCH3 is 1. The molecule has 0 radical (unpaired) electrons. The lowest BCUT2D eigenvalue weighted by Crippen LogP contribution is -2.38. The summed E-state index contributed by atoms with van der Waals surface area (Å²) in [6.45, 7) is 3.07. The Hall–Kier alpha value is -1.64. The molecule has 0 bridgehead atoms. The molecule has 3 N–H and O–H groups in total. The van der Waals surface area contributed by atoms with Crippen molar-refractivity contribution in [2.24, 2.45) is 5.73 Å². The second-order valence-corrected chi connectivity index (χ2v) is 7.49. The molecule has 1 aromatic rings. The van der Waals surface area contributed by atoms with Crippen molar-refractivity contribution in [2.75, 3.05) is 26.7 Å². The van der Waals surface area contributed by atoms with E-state index in [1.54, 1.807) is 13.0 Å². The van der Waals surface area contributed by atoms with Crippen LogP contribution < -0.4 is 15.8 Å². The standard InChI is InChI=1S/C15H23N3O4S/c1-11(10-16)17-15(19)12-5-6-13(22-2)14(9-12)23(20,21)18-7-3-4-8-18/h5-6,9,11H,3-4,7-8,10,16H2,1-2H3,(H,17,19)/t11-/m0/s1. The molecule has 23 heavy (non-hydrogen) atoms. The Morgan fingerprint density at radius 2 is 2.04 bits per heavy atom. The molecule has 1 amide bonds. The minimum absolute atomic E-state index is 0.0231. The van der Waals surface area contributed by atoms with Gasteiger partial charge in [-0.3, -0.25) is 4.79 Å². The zero-order valence-corrected chi connectivity index (χ0v) is 14.2. The van der Waals surface area contributed by atoms with Crippen LogP contribution in [0, 0.1) is 0 Å². The van der Waals surface area contributed by atoms with Crippen LogP contribution in [0.5, 0.6) is 5.75 Å². The highest BCUT2D eigenvalue weighted by atomic mass is 32.2. The molecule has 0 aromatic heterocycles. The van der Waals surface area contributed by atoms with Crippen LogP contribution in [0.25, 0.3) is 0 Å². The smallest absolute Gasteiger partial charge is 0.251 e. The number of carbonyl (C=O) groups is 1. The van der Waals surface area contributed by atoms with Gasteiger partial charge in [-0.2, -0.15) is 4.31 Å². The van der Waals surface area contributed by atoms with Crippen LogP contribution in [0.3, 0.4) is 0 Å². The van der Waals surface area contributed by atoms with Crippen molar-refractivity contribution in [3.8, 4) is 5.75 Å². The van der Waals surface area contributed by atoms with Crippen LogP contribution in [0.4, 0.5) is 0 Å². The van der Waals surface area contributed by atoms with Crippen molar-refractivity contribution in [2.45, 2.75) is 30.7 Å². The summed E-state index contributed by atoms with van der Waals surface area (Å²) in [4.78, 5) is 12.2. The van der Waals surface area contributed by atoms with Gasteiger partial charge in [0.05, 0.1) is 7.11 Å². The van der Waals surface area contributed by atoms with Gasteiger partial charge in [-0.1, -0.05) is 0 Å². The number of hydrogen-bond donors (Lipinski definition) is 2. The van der Waals surface area contributed by atoms with Crippen molar-refractivity contribution in [1.82, 2.24) is 9.62 Å². The molecule has 128 valence electrons. The molecule has 1 atom stereocenters. The monoisotopic (exact) mass is 341 g/mol. The summed E-state index contributed by atoms with van der Waals surface area (Å²) in [5.41, 5.74) is 5.76. The van der Waals surface area contributed by atoms with E-state index >= 15 is 0 Å². The second kappa shape index (κ2) is 7.29. The maximum Gasteiger partial charge on any atom is 0.251 e. The molecule has 1 aliphatic heterocycles. The third-order valence-electron chi connectivity index (χ3n) is 3.84. The molecular weight excluding hydrogens is 318 g/mol. The molecule has 0 saturated carbocycles. The highest BCUT2D eigenvalue weighted by molar-refractivity contribution is 7.89. The van der Waals surface area contributed by atoms with E-state index in [0.717, 1.165) is 12.8 Å². The summed E-state index contributed by atoms with van der Waals surface area (Å²) >= 11 is 0. The van der Waals surface area contributed by atoms with Gasteiger partial charge in [0.2, 0.25) is 10.0 Å². The van der Waals surface area contributed by atoms with Crippen molar-refractivity contribution < 1.29 is 17.9 Å². The summed E-state index contributed by atoms with van der Waals surface area (Å²) in [6.07, 6.45) is 1.69. The van der Waals surface area contributed by atoms with E-state index in [0.29, 0.717) is 19.6 Å².